The molecule has 0 spiro atoms. The summed E-state index contributed by atoms with van der Waals surface area (Å²) in [7, 11) is 0. The van der Waals surface area contributed by atoms with E-state index in [0.717, 1.165) is 11.3 Å². The molecule has 2 aromatic rings. The summed E-state index contributed by atoms with van der Waals surface area (Å²) in [4.78, 5) is 4.41. The highest BCUT2D eigenvalue weighted by atomic mass is 32.1. The molecule has 0 fully saturated rings. The Morgan fingerprint density at radius 2 is 2.47 bits per heavy atom. The van der Waals surface area contributed by atoms with Crippen LogP contribution in [0.5, 0.6) is 0 Å². The Balaban J connectivity index is 2.30. The van der Waals surface area contributed by atoms with Crippen molar-refractivity contribution in [3.05, 3.63) is 46.0 Å². The first-order valence-electron chi connectivity index (χ1n) is 4.43. The van der Waals surface area contributed by atoms with E-state index in [1.165, 1.54) is 11.3 Å². The molecule has 0 aliphatic heterocycles. The van der Waals surface area contributed by atoms with Gasteiger partial charge in [0.05, 0.1) is 11.9 Å². The van der Waals surface area contributed by atoms with Crippen molar-refractivity contribution in [1.82, 2.24) is 9.66 Å². The lowest BCUT2D eigenvalue weighted by atomic mass is 10.3. The van der Waals surface area contributed by atoms with Crippen molar-refractivity contribution in [2.24, 2.45) is 5.10 Å². The average Bonchev–Trinajstić information content (AvgIpc) is 2.58. The maximum atomic E-state index is 7.61. The Kier molecular flexibility index (Phi) is 2.73. The van der Waals surface area contributed by atoms with Gasteiger partial charge < -0.3 is 0 Å². The van der Waals surface area contributed by atoms with E-state index >= 15 is 0 Å². The van der Waals surface area contributed by atoms with Crippen LogP contribution >= 0.6 is 11.3 Å². The van der Waals surface area contributed by atoms with Gasteiger partial charge in [0.25, 0.3) is 0 Å². The van der Waals surface area contributed by atoms with Gasteiger partial charge in [-0.1, -0.05) is 6.07 Å². The quantitative estimate of drug-likeness (QED) is 0.765. The van der Waals surface area contributed by atoms with Crippen LogP contribution in [0, 0.1) is 12.3 Å². The summed E-state index contributed by atoms with van der Waals surface area (Å²) in [5, 5.41) is 13.7. The standard InChI is InChI=1S/C10H10N4S/c1-8-7-15-10(11)14(8)13-6-9-3-2-4-12-5-9/h2-7,11H,1H3. The number of aryl methyl sites for hydroxylation is 1. The summed E-state index contributed by atoms with van der Waals surface area (Å²) in [6, 6.07) is 3.77. The zero-order valence-electron chi connectivity index (χ0n) is 8.21. The number of rotatable bonds is 2. The van der Waals surface area contributed by atoms with Crippen LogP contribution in [0.4, 0.5) is 0 Å². The van der Waals surface area contributed by atoms with Crippen LogP contribution in [0.15, 0.2) is 35.0 Å². The van der Waals surface area contributed by atoms with E-state index in [9.17, 15) is 0 Å². The lowest BCUT2D eigenvalue weighted by Gasteiger charge is -1.95. The summed E-state index contributed by atoms with van der Waals surface area (Å²) in [6.45, 7) is 1.93. The van der Waals surface area contributed by atoms with Gasteiger partial charge in [0.2, 0.25) is 4.80 Å². The fourth-order valence-electron chi connectivity index (χ4n) is 1.12. The molecule has 0 unspecified atom stereocenters. The smallest absolute Gasteiger partial charge is 0.203 e. The Hall–Kier alpha value is -1.75. The highest BCUT2D eigenvalue weighted by molar-refractivity contribution is 7.07. The number of hydrogen-bond acceptors (Lipinski definition) is 4. The van der Waals surface area contributed by atoms with Crippen molar-refractivity contribution >= 4 is 17.6 Å². The third-order valence-electron chi connectivity index (χ3n) is 1.87. The highest BCUT2D eigenvalue weighted by Gasteiger charge is 1.95. The molecule has 2 heterocycles. The van der Waals surface area contributed by atoms with Gasteiger partial charge in [-0.25, -0.2) is 4.68 Å². The van der Waals surface area contributed by atoms with E-state index in [1.807, 2.05) is 24.4 Å². The number of pyridine rings is 1. The van der Waals surface area contributed by atoms with Gasteiger partial charge in [-0.15, -0.1) is 11.3 Å². The molecule has 0 saturated carbocycles. The zero-order chi connectivity index (χ0) is 10.7. The molecule has 0 amide bonds. The SMILES string of the molecule is Cc1csc(=N)n1N=Cc1cccnc1. The second-order valence-corrected chi connectivity index (χ2v) is 3.88. The van der Waals surface area contributed by atoms with Gasteiger partial charge >= 0.3 is 0 Å². The molecule has 0 aliphatic rings. The molecule has 0 radical (unpaired) electrons. The van der Waals surface area contributed by atoms with Crippen molar-refractivity contribution in [2.45, 2.75) is 6.92 Å². The van der Waals surface area contributed by atoms with Gasteiger partial charge in [0, 0.05) is 23.3 Å². The molecule has 0 saturated heterocycles. The lowest BCUT2D eigenvalue weighted by molar-refractivity contribution is 0.797. The van der Waals surface area contributed by atoms with Crippen molar-refractivity contribution in [1.29, 1.82) is 5.41 Å². The minimum absolute atomic E-state index is 0.424. The average molecular weight is 218 g/mol. The molecule has 0 aromatic carbocycles. The molecule has 4 nitrogen and oxygen atoms in total. The first kappa shape index (κ1) is 9.79. The topological polar surface area (TPSA) is 54.0 Å². The van der Waals surface area contributed by atoms with Gasteiger partial charge in [0.15, 0.2) is 0 Å². The van der Waals surface area contributed by atoms with E-state index < -0.39 is 0 Å². The predicted molar refractivity (Wildman–Crippen MR) is 60.1 cm³/mol. The van der Waals surface area contributed by atoms with E-state index in [-0.39, 0.29) is 0 Å². The number of thiazole rings is 1. The lowest BCUT2D eigenvalue weighted by Crippen LogP contribution is -2.09. The molecular formula is C10H10N4S. The third-order valence-corrected chi connectivity index (χ3v) is 2.73. The van der Waals surface area contributed by atoms with Gasteiger partial charge in [-0.3, -0.25) is 10.4 Å². The van der Waals surface area contributed by atoms with E-state index in [2.05, 4.69) is 10.1 Å². The Morgan fingerprint density at radius 1 is 1.60 bits per heavy atom. The monoisotopic (exact) mass is 218 g/mol. The zero-order valence-corrected chi connectivity index (χ0v) is 9.03. The van der Waals surface area contributed by atoms with Crippen molar-refractivity contribution < 1.29 is 0 Å². The molecule has 0 atom stereocenters. The second kappa shape index (κ2) is 4.18. The second-order valence-electron chi connectivity index (χ2n) is 3.02. The number of nitrogens with one attached hydrogen (secondary N) is 1. The van der Waals surface area contributed by atoms with Crippen molar-refractivity contribution in [3.63, 3.8) is 0 Å². The maximum absolute atomic E-state index is 7.61. The largest absolute Gasteiger partial charge is 0.274 e. The molecule has 5 heteroatoms. The van der Waals surface area contributed by atoms with Crippen LogP contribution in [0.1, 0.15) is 11.3 Å². The summed E-state index contributed by atoms with van der Waals surface area (Å²) in [5.74, 6) is 0. The van der Waals surface area contributed by atoms with Gasteiger partial charge in [0.1, 0.15) is 0 Å². The molecule has 0 bridgehead atoms. The van der Waals surface area contributed by atoms with Crippen LogP contribution in [-0.4, -0.2) is 15.9 Å². The van der Waals surface area contributed by atoms with E-state index in [1.54, 1.807) is 23.3 Å². The highest BCUT2D eigenvalue weighted by Crippen LogP contribution is 1.99. The minimum atomic E-state index is 0.424. The maximum Gasteiger partial charge on any atom is 0.203 e. The molecular weight excluding hydrogens is 208 g/mol. The van der Waals surface area contributed by atoms with Gasteiger partial charge in [-0.2, -0.15) is 5.10 Å². The van der Waals surface area contributed by atoms with Crippen LogP contribution in [0.25, 0.3) is 0 Å². The summed E-state index contributed by atoms with van der Waals surface area (Å²) in [5.41, 5.74) is 1.89. The summed E-state index contributed by atoms with van der Waals surface area (Å²) >= 11 is 1.37. The molecule has 1 N–H and O–H groups in total. The van der Waals surface area contributed by atoms with Crippen LogP contribution in [-0.2, 0) is 0 Å². The number of aromatic nitrogens is 2. The van der Waals surface area contributed by atoms with Gasteiger partial charge in [-0.05, 0) is 13.0 Å². The first-order chi connectivity index (χ1) is 7.27. The third kappa shape index (κ3) is 2.19. The normalized spacial score (nSPS) is 11.0. The van der Waals surface area contributed by atoms with E-state index in [0.29, 0.717) is 4.80 Å². The van der Waals surface area contributed by atoms with Crippen molar-refractivity contribution in [3.8, 4) is 0 Å². The molecule has 2 rings (SSSR count). The van der Waals surface area contributed by atoms with Crippen LogP contribution in [0.3, 0.4) is 0 Å². The predicted octanol–water partition coefficient (Wildman–Crippen LogP) is 1.61. The Labute approximate surface area is 91.1 Å². The van der Waals surface area contributed by atoms with Crippen LogP contribution in [0.2, 0.25) is 0 Å². The Morgan fingerprint density at radius 3 is 3.07 bits per heavy atom. The summed E-state index contributed by atoms with van der Waals surface area (Å²) in [6.07, 6.45) is 5.15. The molecule has 0 aliphatic carbocycles. The summed E-state index contributed by atoms with van der Waals surface area (Å²) < 4.78 is 1.59. The fourth-order valence-corrected chi connectivity index (χ4v) is 1.79. The Bertz CT molecular complexity index is 524. The number of nitrogens with zero attached hydrogens (tertiary/aromatic N) is 3. The molecule has 2 aromatic heterocycles. The number of hydrogen-bond donors (Lipinski definition) is 1. The van der Waals surface area contributed by atoms with Crippen LogP contribution < -0.4 is 4.80 Å². The molecule has 76 valence electrons. The first-order valence-corrected chi connectivity index (χ1v) is 5.31. The minimum Gasteiger partial charge on any atom is -0.274 e. The fraction of sp³-hybridized carbons (Fsp3) is 0.100. The molecule has 15 heavy (non-hydrogen) atoms. The van der Waals surface area contributed by atoms with Crippen molar-refractivity contribution in [2.75, 3.05) is 0 Å². The van der Waals surface area contributed by atoms with E-state index in [4.69, 9.17) is 5.41 Å².